The van der Waals surface area contributed by atoms with Crippen LogP contribution in [-0.2, 0) is 15.0 Å². The van der Waals surface area contributed by atoms with Gasteiger partial charge in [-0.15, -0.1) is 0 Å². The van der Waals surface area contributed by atoms with Gasteiger partial charge in [-0.3, -0.25) is 9.59 Å². The second-order valence-corrected chi connectivity index (χ2v) is 6.54. The molecular weight excluding hydrogens is 276 g/mol. The maximum absolute atomic E-state index is 12.6. The summed E-state index contributed by atoms with van der Waals surface area (Å²) in [5.41, 5.74) is 1.01. The number of rotatable bonds is 4. The lowest BCUT2D eigenvalue weighted by Gasteiger charge is -2.36. The highest BCUT2D eigenvalue weighted by Gasteiger charge is 2.29. The van der Waals surface area contributed by atoms with E-state index in [9.17, 15) is 9.59 Å². The van der Waals surface area contributed by atoms with Crippen LogP contribution in [0.4, 0.5) is 0 Å². The van der Waals surface area contributed by atoms with E-state index in [1.54, 1.807) is 0 Å². The van der Waals surface area contributed by atoms with E-state index in [4.69, 9.17) is 0 Å². The second kappa shape index (κ2) is 6.95. The zero-order chi connectivity index (χ0) is 16.2. The van der Waals surface area contributed by atoms with Crippen LogP contribution in [0.3, 0.4) is 0 Å². The van der Waals surface area contributed by atoms with Gasteiger partial charge in [0.25, 0.3) is 0 Å². The van der Waals surface area contributed by atoms with Crippen molar-refractivity contribution in [3.63, 3.8) is 0 Å². The van der Waals surface area contributed by atoms with Crippen molar-refractivity contribution in [1.82, 2.24) is 9.80 Å². The highest BCUT2D eigenvalue weighted by Crippen LogP contribution is 2.27. The molecule has 0 N–H and O–H groups in total. The van der Waals surface area contributed by atoms with Gasteiger partial charge in [-0.05, 0) is 11.0 Å². The van der Waals surface area contributed by atoms with Crippen molar-refractivity contribution in [2.75, 3.05) is 26.2 Å². The number of carbonyl (C=O) groups is 2. The molecule has 4 nitrogen and oxygen atoms in total. The molecule has 22 heavy (non-hydrogen) atoms. The Hall–Kier alpha value is -1.84. The van der Waals surface area contributed by atoms with Crippen LogP contribution >= 0.6 is 0 Å². The third-order valence-corrected chi connectivity index (χ3v) is 4.44. The van der Waals surface area contributed by atoms with Crippen molar-refractivity contribution in [1.29, 1.82) is 0 Å². The molecule has 0 radical (unpaired) electrons. The average molecular weight is 302 g/mol. The number of amides is 2. The zero-order valence-electron chi connectivity index (χ0n) is 13.8. The Morgan fingerprint density at radius 2 is 1.45 bits per heavy atom. The van der Waals surface area contributed by atoms with Crippen molar-refractivity contribution >= 4 is 11.8 Å². The molecule has 0 saturated carbocycles. The Morgan fingerprint density at radius 1 is 0.955 bits per heavy atom. The standard InChI is InChI=1S/C18H26N2O2/c1-4-16(21)19-10-12-20(13-11-19)17(22)14-18(2,3)15-8-6-5-7-9-15/h5-9H,4,10-14H2,1-3H3. The second-order valence-electron chi connectivity index (χ2n) is 6.54. The summed E-state index contributed by atoms with van der Waals surface area (Å²) < 4.78 is 0. The molecule has 0 spiro atoms. The third kappa shape index (κ3) is 3.87. The quantitative estimate of drug-likeness (QED) is 0.857. The Bertz CT molecular complexity index is 517. The molecule has 0 bridgehead atoms. The predicted molar refractivity (Wildman–Crippen MR) is 87.5 cm³/mol. The lowest BCUT2D eigenvalue weighted by Crippen LogP contribution is -2.51. The Kier molecular flexibility index (Phi) is 5.22. The van der Waals surface area contributed by atoms with E-state index in [0.29, 0.717) is 39.0 Å². The number of benzene rings is 1. The van der Waals surface area contributed by atoms with Crippen LogP contribution in [0, 0.1) is 0 Å². The smallest absolute Gasteiger partial charge is 0.223 e. The molecule has 0 aromatic heterocycles. The van der Waals surface area contributed by atoms with E-state index in [2.05, 4.69) is 26.0 Å². The van der Waals surface area contributed by atoms with Crippen LogP contribution in [0.15, 0.2) is 30.3 Å². The number of hydrogen-bond acceptors (Lipinski definition) is 2. The van der Waals surface area contributed by atoms with Crippen molar-refractivity contribution in [2.24, 2.45) is 0 Å². The fourth-order valence-corrected chi connectivity index (χ4v) is 2.91. The molecular formula is C18H26N2O2. The summed E-state index contributed by atoms with van der Waals surface area (Å²) in [4.78, 5) is 28.0. The van der Waals surface area contributed by atoms with Gasteiger partial charge in [0.2, 0.25) is 11.8 Å². The molecule has 1 aliphatic heterocycles. The predicted octanol–water partition coefficient (Wildman–Crippen LogP) is 2.44. The van der Waals surface area contributed by atoms with Crippen LogP contribution in [0.1, 0.15) is 39.2 Å². The summed E-state index contributed by atoms with van der Waals surface area (Å²) in [7, 11) is 0. The summed E-state index contributed by atoms with van der Waals surface area (Å²) in [6, 6.07) is 10.2. The third-order valence-electron chi connectivity index (χ3n) is 4.44. The van der Waals surface area contributed by atoms with Gasteiger partial charge >= 0.3 is 0 Å². The van der Waals surface area contributed by atoms with Gasteiger partial charge in [-0.25, -0.2) is 0 Å². The number of piperazine rings is 1. The van der Waals surface area contributed by atoms with E-state index >= 15 is 0 Å². The first-order valence-electron chi connectivity index (χ1n) is 8.05. The van der Waals surface area contributed by atoms with Gasteiger partial charge in [0, 0.05) is 39.0 Å². The summed E-state index contributed by atoms with van der Waals surface area (Å²) in [6.07, 6.45) is 1.04. The lowest BCUT2D eigenvalue weighted by atomic mass is 9.81. The van der Waals surface area contributed by atoms with Gasteiger partial charge < -0.3 is 9.80 Å². The summed E-state index contributed by atoms with van der Waals surface area (Å²) >= 11 is 0. The number of carbonyl (C=O) groups excluding carboxylic acids is 2. The Morgan fingerprint density at radius 3 is 1.95 bits per heavy atom. The molecule has 0 atom stereocenters. The van der Waals surface area contributed by atoms with Crippen LogP contribution in [0.5, 0.6) is 0 Å². The SMILES string of the molecule is CCC(=O)N1CCN(C(=O)CC(C)(C)c2ccccc2)CC1. The van der Waals surface area contributed by atoms with Gasteiger partial charge in [-0.1, -0.05) is 51.1 Å². The largest absolute Gasteiger partial charge is 0.339 e. The van der Waals surface area contributed by atoms with Gasteiger partial charge in [0.05, 0.1) is 0 Å². The summed E-state index contributed by atoms with van der Waals surface area (Å²) in [5, 5.41) is 0. The van der Waals surface area contributed by atoms with Crippen molar-refractivity contribution in [3.8, 4) is 0 Å². The first kappa shape index (κ1) is 16.5. The molecule has 1 saturated heterocycles. The van der Waals surface area contributed by atoms with Gasteiger partial charge in [0.1, 0.15) is 0 Å². The first-order chi connectivity index (χ1) is 10.4. The monoisotopic (exact) mass is 302 g/mol. The van der Waals surface area contributed by atoms with E-state index in [1.807, 2.05) is 34.9 Å². The first-order valence-corrected chi connectivity index (χ1v) is 8.05. The Balaban J connectivity index is 1.92. The molecule has 1 aliphatic rings. The lowest BCUT2D eigenvalue weighted by molar-refractivity contribution is -0.140. The molecule has 120 valence electrons. The Labute approximate surface area is 133 Å². The molecule has 1 fully saturated rings. The van der Waals surface area contributed by atoms with Gasteiger partial charge in [-0.2, -0.15) is 0 Å². The summed E-state index contributed by atoms with van der Waals surface area (Å²) in [6.45, 7) is 8.70. The van der Waals surface area contributed by atoms with E-state index in [0.717, 1.165) is 0 Å². The van der Waals surface area contributed by atoms with Gasteiger partial charge in [0.15, 0.2) is 0 Å². The number of hydrogen-bond donors (Lipinski definition) is 0. The minimum Gasteiger partial charge on any atom is -0.339 e. The van der Waals surface area contributed by atoms with Crippen molar-refractivity contribution in [2.45, 2.75) is 39.0 Å². The maximum atomic E-state index is 12.6. The highest BCUT2D eigenvalue weighted by molar-refractivity contribution is 5.79. The molecule has 2 amide bonds. The van der Waals surface area contributed by atoms with E-state index in [1.165, 1.54) is 5.56 Å². The van der Waals surface area contributed by atoms with Crippen LogP contribution in [-0.4, -0.2) is 47.8 Å². The molecule has 1 heterocycles. The van der Waals surface area contributed by atoms with Crippen LogP contribution in [0.25, 0.3) is 0 Å². The minimum atomic E-state index is -0.172. The summed E-state index contributed by atoms with van der Waals surface area (Å²) in [5.74, 6) is 0.356. The topological polar surface area (TPSA) is 40.6 Å². The molecule has 4 heteroatoms. The highest BCUT2D eigenvalue weighted by atomic mass is 16.2. The maximum Gasteiger partial charge on any atom is 0.223 e. The van der Waals surface area contributed by atoms with Crippen LogP contribution in [0.2, 0.25) is 0 Å². The van der Waals surface area contributed by atoms with E-state index < -0.39 is 0 Å². The molecule has 2 rings (SSSR count). The van der Waals surface area contributed by atoms with Crippen molar-refractivity contribution < 1.29 is 9.59 Å². The van der Waals surface area contributed by atoms with Crippen LogP contribution < -0.4 is 0 Å². The van der Waals surface area contributed by atoms with Crippen molar-refractivity contribution in [3.05, 3.63) is 35.9 Å². The molecule has 1 aromatic rings. The molecule has 0 unspecified atom stereocenters. The minimum absolute atomic E-state index is 0.172. The zero-order valence-corrected chi connectivity index (χ0v) is 13.8. The average Bonchev–Trinajstić information content (AvgIpc) is 2.54. The fraction of sp³-hybridized carbons (Fsp3) is 0.556. The fourth-order valence-electron chi connectivity index (χ4n) is 2.91. The normalized spacial score (nSPS) is 15.8. The van der Waals surface area contributed by atoms with E-state index in [-0.39, 0.29) is 17.2 Å². The molecule has 0 aliphatic carbocycles. The molecule has 1 aromatic carbocycles. The number of nitrogens with zero attached hydrogens (tertiary/aromatic N) is 2.